The molecule has 3 fully saturated rings. The average Bonchev–Trinajstić information content (AvgIpc) is 3.44. The third kappa shape index (κ3) is 5.39. The Morgan fingerprint density at radius 2 is 1.95 bits per heavy atom. The summed E-state index contributed by atoms with van der Waals surface area (Å²) in [5, 5.41) is 10.4. The van der Waals surface area contributed by atoms with Crippen LogP contribution in [0.1, 0.15) is 76.7 Å². The molecule has 1 aromatic carbocycles. The van der Waals surface area contributed by atoms with E-state index in [0.29, 0.717) is 19.6 Å². The molecule has 5 rings (SSSR count). The number of allylic oxidation sites excluding steroid dienone is 1. The molecule has 206 valence electrons. The van der Waals surface area contributed by atoms with Crippen molar-refractivity contribution in [2.75, 3.05) is 20.3 Å². The molecule has 1 saturated carbocycles. The Hall–Kier alpha value is -1.96. The molecule has 2 aliphatic carbocycles. The van der Waals surface area contributed by atoms with E-state index in [9.17, 15) is 14.7 Å². The van der Waals surface area contributed by atoms with E-state index < -0.39 is 0 Å². The molecule has 0 bridgehead atoms. The summed E-state index contributed by atoms with van der Waals surface area (Å²) >= 11 is 3.51. The third-order valence-electron chi connectivity index (χ3n) is 8.95. The molecule has 6 nitrogen and oxygen atoms in total. The van der Waals surface area contributed by atoms with Crippen molar-refractivity contribution in [1.29, 1.82) is 0 Å². The van der Waals surface area contributed by atoms with E-state index in [1.54, 1.807) is 18.1 Å². The Morgan fingerprint density at radius 1 is 1.16 bits per heavy atom. The molecular weight excluding hydrogens is 546 g/mol. The van der Waals surface area contributed by atoms with Crippen LogP contribution in [0, 0.1) is 17.8 Å². The Bertz CT molecular complexity index is 1120. The predicted molar refractivity (Wildman–Crippen MR) is 150 cm³/mol. The van der Waals surface area contributed by atoms with Gasteiger partial charge in [-0.1, -0.05) is 60.2 Å². The lowest BCUT2D eigenvalue weighted by Crippen LogP contribution is -2.42. The van der Waals surface area contributed by atoms with Crippen molar-refractivity contribution in [3.63, 3.8) is 0 Å². The minimum absolute atomic E-state index is 0.0324. The molecular formula is C31H40BrNO5. The minimum Gasteiger partial charge on any atom is -0.507 e. The number of amides is 2. The van der Waals surface area contributed by atoms with Crippen molar-refractivity contribution in [3.8, 4) is 5.75 Å². The number of aromatic hydroxyl groups is 1. The van der Waals surface area contributed by atoms with Gasteiger partial charge in [-0.05, 0) is 67.9 Å². The first-order chi connectivity index (χ1) is 18.4. The van der Waals surface area contributed by atoms with E-state index in [1.807, 2.05) is 12.1 Å². The zero-order valence-electron chi connectivity index (χ0n) is 22.6. The minimum atomic E-state index is -0.297. The van der Waals surface area contributed by atoms with Crippen LogP contribution in [0.3, 0.4) is 0 Å². The average molecular weight is 587 g/mol. The highest BCUT2D eigenvalue weighted by atomic mass is 79.9. The van der Waals surface area contributed by atoms with Crippen molar-refractivity contribution < 1.29 is 24.2 Å². The number of benzene rings is 1. The number of methoxy groups -OCH3 is 1. The van der Waals surface area contributed by atoms with E-state index in [-0.39, 0.29) is 47.5 Å². The van der Waals surface area contributed by atoms with Crippen LogP contribution in [0.25, 0.3) is 6.08 Å². The quantitative estimate of drug-likeness (QED) is 0.267. The van der Waals surface area contributed by atoms with Gasteiger partial charge in [0, 0.05) is 29.1 Å². The van der Waals surface area contributed by atoms with Crippen molar-refractivity contribution in [2.45, 2.75) is 83.3 Å². The van der Waals surface area contributed by atoms with Crippen LogP contribution in [0.5, 0.6) is 5.75 Å². The highest BCUT2D eigenvalue weighted by molar-refractivity contribution is 9.10. The lowest BCUT2D eigenvalue weighted by molar-refractivity contribution is -0.143. The first kappa shape index (κ1) is 27.6. The van der Waals surface area contributed by atoms with Gasteiger partial charge in [-0.15, -0.1) is 0 Å². The Kier molecular flexibility index (Phi) is 8.75. The molecule has 2 heterocycles. The maximum atomic E-state index is 13.7. The highest BCUT2D eigenvalue weighted by Gasteiger charge is 2.58. The SMILES string of the molecule is CCC/C(=C\c1cc(Br)ccc1O)CC[C@H]1OC[C@H]2C1=C(COC)C[C@H]1C(=O)N(C3CCCCC3)C(=O)[C@H]12. The Balaban J connectivity index is 1.36. The summed E-state index contributed by atoms with van der Waals surface area (Å²) in [7, 11) is 1.70. The second kappa shape index (κ2) is 12.1. The maximum Gasteiger partial charge on any atom is 0.234 e. The van der Waals surface area contributed by atoms with Gasteiger partial charge in [0.25, 0.3) is 0 Å². The second-order valence-corrected chi connectivity index (χ2v) is 12.3. The van der Waals surface area contributed by atoms with Crippen LogP contribution in [0.2, 0.25) is 0 Å². The smallest absolute Gasteiger partial charge is 0.234 e. The van der Waals surface area contributed by atoms with Crippen molar-refractivity contribution in [1.82, 2.24) is 4.90 Å². The van der Waals surface area contributed by atoms with E-state index >= 15 is 0 Å². The van der Waals surface area contributed by atoms with E-state index in [0.717, 1.165) is 67.0 Å². The first-order valence-electron chi connectivity index (χ1n) is 14.3. The van der Waals surface area contributed by atoms with Gasteiger partial charge in [-0.3, -0.25) is 14.5 Å². The van der Waals surface area contributed by atoms with Crippen LogP contribution in [-0.4, -0.2) is 54.3 Å². The number of halogens is 1. The van der Waals surface area contributed by atoms with E-state index in [4.69, 9.17) is 9.47 Å². The summed E-state index contributed by atoms with van der Waals surface area (Å²) in [6, 6.07) is 5.55. The summed E-state index contributed by atoms with van der Waals surface area (Å²) in [6.45, 7) is 3.13. The summed E-state index contributed by atoms with van der Waals surface area (Å²) in [6.07, 6.45) is 11.5. The van der Waals surface area contributed by atoms with Crippen LogP contribution < -0.4 is 0 Å². The molecule has 1 N–H and O–H groups in total. The van der Waals surface area contributed by atoms with Crippen LogP contribution >= 0.6 is 15.9 Å². The first-order valence-corrected chi connectivity index (χ1v) is 15.1. The van der Waals surface area contributed by atoms with Gasteiger partial charge >= 0.3 is 0 Å². The molecule has 2 saturated heterocycles. The maximum absolute atomic E-state index is 13.7. The number of hydrogen-bond acceptors (Lipinski definition) is 5. The van der Waals surface area contributed by atoms with E-state index in [2.05, 4.69) is 28.9 Å². The molecule has 38 heavy (non-hydrogen) atoms. The monoisotopic (exact) mass is 585 g/mol. The summed E-state index contributed by atoms with van der Waals surface area (Å²) in [5.41, 5.74) is 4.44. The van der Waals surface area contributed by atoms with Gasteiger partial charge in [-0.25, -0.2) is 0 Å². The molecule has 2 amide bonds. The molecule has 0 unspecified atom stereocenters. The van der Waals surface area contributed by atoms with Gasteiger partial charge in [0.2, 0.25) is 11.8 Å². The van der Waals surface area contributed by atoms with E-state index in [1.165, 1.54) is 17.6 Å². The lowest BCUT2D eigenvalue weighted by atomic mass is 9.69. The number of likely N-dealkylation sites (tertiary alicyclic amines) is 1. The molecule has 7 heteroatoms. The summed E-state index contributed by atoms with van der Waals surface area (Å²) in [4.78, 5) is 28.9. The predicted octanol–water partition coefficient (Wildman–Crippen LogP) is 6.41. The molecule has 4 aliphatic rings. The zero-order chi connectivity index (χ0) is 26.8. The number of phenols is 1. The van der Waals surface area contributed by atoms with Crippen molar-refractivity contribution in [3.05, 3.63) is 45.0 Å². The van der Waals surface area contributed by atoms with Crippen LogP contribution in [0.4, 0.5) is 0 Å². The molecule has 0 radical (unpaired) electrons. The van der Waals surface area contributed by atoms with Crippen molar-refractivity contribution in [2.24, 2.45) is 17.8 Å². The molecule has 4 atom stereocenters. The number of carbonyl (C=O) groups excluding carboxylic acids is 2. The number of rotatable bonds is 9. The number of nitrogens with zero attached hydrogens (tertiary/aromatic N) is 1. The van der Waals surface area contributed by atoms with Gasteiger partial charge in [0.1, 0.15) is 5.75 Å². The molecule has 0 spiro atoms. The molecule has 2 aliphatic heterocycles. The van der Waals surface area contributed by atoms with Crippen molar-refractivity contribution >= 4 is 33.8 Å². The number of carbonyl (C=O) groups is 2. The largest absolute Gasteiger partial charge is 0.507 e. The zero-order valence-corrected chi connectivity index (χ0v) is 24.2. The molecule has 1 aromatic rings. The van der Waals surface area contributed by atoms with Crippen LogP contribution in [0.15, 0.2) is 39.4 Å². The summed E-state index contributed by atoms with van der Waals surface area (Å²) < 4.78 is 12.9. The topological polar surface area (TPSA) is 76.1 Å². The normalized spacial score (nSPS) is 28.3. The standard InChI is InChI=1S/C31H40BrNO5/c1-3-7-19(14-20-15-22(32)11-12-26(20)34)10-13-27-28-21(17-37-2)16-24-29(25(28)18-38-27)31(36)33(30(24)35)23-8-5-4-6-9-23/h11-12,14-15,23-25,27,29,34H,3-10,13,16-18H2,1-2H3/b19-14+/t24-,25+,27-,29-/m1/s1. The number of phenolic OH excluding ortho intramolecular Hbond substituents is 1. The van der Waals surface area contributed by atoms with Crippen LogP contribution in [-0.2, 0) is 19.1 Å². The number of hydrogen-bond donors (Lipinski definition) is 1. The number of fused-ring (bicyclic) bond motifs is 3. The van der Waals surface area contributed by atoms with Gasteiger partial charge in [0.15, 0.2) is 0 Å². The third-order valence-corrected chi connectivity index (χ3v) is 9.44. The number of imide groups is 1. The fourth-order valence-electron chi connectivity index (χ4n) is 7.27. The number of ether oxygens (including phenoxy) is 2. The summed E-state index contributed by atoms with van der Waals surface area (Å²) in [5.74, 6) is -0.275. The lowest BCUT2D eigenvalue weighted by Gasteiger charge is -2.31. The van der Waals surface area contributed by atoms with Gasteiger partial charge in [-0.2, -0.15) is 0 Å². The second-order valence-electron chi connectivity index (χ2n) is 11.4. The van der Waals surface area contributed by atoms with Gasteiger partial charge < -0.3 is 14.6 Å². The fraction of sp³-hybridized carbons (Fsp3) is 0.613. The fourth-order valence-corrected chi connectivity index (χ4v) is 7.65. The highest BCUT2D eigenvalue weighted by Crippen LogP contribution is 2.51. The Labute approximate surface area is 234 Å². The van der Waals surface area contributed by atoms with Gasteiger partial charge in [0.05, 0.1) is 31.2 Å². The molecule has 0 aromatic heterocycles. The Morgan fingerprint density at radius 3 is 2.68 bits per heavy atom.